The van der Waals surface area contributed by atoms with Crippen molar-refractivity contribution < 1.29 is 9.90 Å². The standard InChI is InChI=1S/C15H26N4O2/c1-9(2)12-5-19(7-14(12)16-15(21)8-20)6-13-10(3)17-18-11(13)4/h9,12,14,20H,5-8H2,1-4H3,(H,16,21)(H,17,18)/t12-,14+/m1/s1. The van der Waals surface area contributed by atoms with E-state index in [1.807, 2.05) is 13.8 Å². The second-order valence-corrected chi connectivity index (χ2v) is 6.35. The monoisotopic (exact) mass is 294 g/mol. The highest BCUT2D eigenvalue weighted by molar-refractivity contribution is 5.77. The summed E-state index contributed by atoms with van der Waals surface area (Å²) in [6.45, 7) is 10.6. The Balaban J connectivity index is 2.05. The molecule has 1 fully saturated rings. The van der Waals surface area contributed by atoms with Gasteiger partial charge in [0.25, 0.3) is 0 Å². The predicted molar refractivity (Wildman–Crippen MR) is 80.7 cm³/mol. The lowest BCUT2D eigenvalue weighted by molar-refractivity contribution is -0.124. The molecule has 0 saturated carbocycles. The van der Waals surface area contributed by atoms with Crippen molar-refractivity contribution in [1.82, 2.24) is 20.4 Å². The van der Waals surface area contributed by atoms with Gasteiger partial charge in [0, 0.05) is 36.9 Å². The zero-order valence-corrected chi connectivity index (χ0v) is 13.3. The fraction of sp³-hybridized carbons (Fsp3) is 0.733. The van der Waals surface area contributed by atoms with E-state index in [1.54, 1.807) is 0 Å². The highest BCUT2D eigenvalue weighted by Crippen LogP contribution is 2.26. The number of H-pyrrole nitrogens is 1. The van der Waals surface area contributed by atoms with Crippen LogP contribution in [0.15, 0.2) is 0 Å². The number of nitrogens with zero attached hydrogens (tertiary/aromatic N) is 2. The SMILES string of the molecule is Cc1n[nH]c(C)c1CN1C[C@H](NC(=O)CO)[C@@H](C(C)C)C1. The molecule has 21 heavy (non-hydrogen) atoms. The maximum absolute atomic E-state index is 11.5. The van der Waals surface area contributed by atoms with Gasteiger partial charge in [0.15, 0.2) is 0 Å². The van der Waals surface area contributed by atoms with E-state index in [0.717, 1.165) is 31.0 Å². The number of hydrogen-bond acceptors (Lipinski definition) is 4. The second kappa shape index (κ2) is 6.58. The van der Waals surface area contributed by atoms with Crippen molar-refractivity contribution in [1.29, 1.82) is 0 Å². The summed E-state index contributed by atoms with van der Waals surface area (Å²) >= 11 is 0. The van der Waals surface area contributed by atoms with Crippen molar-refractivity contribution in [2.45, 2.75) is 40.3 Å². The summed E-state index contributed by atoms with van der Waals surface area (Å²) in [5.74, 6) is 0.613. The van der Waals surface area contributed by atoms with Crippen molar-refractivity contribution in [3.05, 3.63) is 17.0 Å². The molecular formula is C15H26N4O2. The third-order valence-corrected chi connectivity index (χ3v) is 4.45. The summed E-state index contributed by atoms with van der Waals surface area (Å²) in [6.07, 6.45) is 0. The highest BCUT2D eigenvalue weighted by atomic mass is 16.3. The number of rotatable bonds is 5. The van der Waals surface area contributed by atoms with Crippen LogP contribution in [-0.4, -0.2) is 51.8 Å². The van der Waals surface area contributed by atoms with E-state index < -0.39 is 6.61 Å². The van der Waals surface area contributed by atoms with Gasteiger partial charge >= 0.3 is 0 Å². The highest BCUT2D eigenvalue weighted by Gasteiger charge is 2.35. The minimum atomic E-state index is -0.443. The van der Waals surface area contributed by atoms with Gasteiger partial charge in [-0.1, -0.05) is 13.8 Å². The average Bonchev–Trinajstić information content (AvgIpc) is 2.97. The van der Waals surface area contributed by atoms with Gasteiger partial charge in [-0.15, -0.1) is 0 Å². The van der Waals surface area contributed by atoms with Crippen LogP contribution in [0.5, 0.6) is 0 Å². The molecule has 1 aromatic rings. The van der Waals surface area contributed by atoms with Crippen LogP contribution in [0, 0.1) is 25.7 Å². The number of carbonyl (C=O) groups is 1. The zero-order valence-electron chi connectivity index (χ0n) is 13.3. The van der Waals surface area contributed by atoms with Crippen molar-refractivity contribution in [2.24, 2.45) is 11.8 Å². The van der Waals surface area contributed by atoms with Crippen LogP contribution in [-0.2, 0) is 11.3 Å². The summed E-state index contributed by atoms with van der Waals surface area (Å²) in [6, 6.07) is 0.108. The quantitative estimate of drug-likeness (QED) is 0.742. The smallest absolute Gasteiger partial charge is 0.245 e. The van der Waals surface area contributed by atoms with Gasteiger partial charge in [0.05, 0.1) is 5.69 Å². The molecule has 0 spiro atoms. The summed E-state index contributed by atoms with van der Waals surface area (Å²) in [4.78, 5) is 13.8. The molecule has 6 nitrogen and oxygen atoms in total. The molecule has 6 heteroatoms. The Hall–Kier alpha value is -1.40. The van der Waals surface area contributed by atoms with Crippen molar-refractivity contribution in [2.75, 3.05) is 19.7 Å². The average molecular weight is 294 g/mol. The number of nitrogens with one attached hydrogen (secondary N) is 2. The molecule has 1 amide bonds. The Labute approximate surface area is 125 Å². The summed E-state index contributed by atoms with van der Waals surface area (Å²) in [5, 5.41) is 19.1. The largest absolute Gasteiger partial charge is 0.387 e. The Kier molecular flexibility index (Phi) is 5.00. The first-order valence-corrected chi connectivity index (χ1v) is 7.55. The number of aromatic nitrogens is 2. The lowest BCUT2D eigenvalue weighted by atomic mass is 9.91. The van der Waals surface area contributed by atoms with Crippen LogP contribution in [0.1, 0.15) is 30.8 Å². The normalized spacial score (nSPS) is 23.0. The van der Waals surface area contributed by atoms with E-state index in [4.69, 9.17) is 5.11 Å². The van der Waals surface area contributed by atoms with Gasteiger partial charge in [0.2, 0.25) is 5.91 Å². The number of aryl methyl sites for hydroxylation is 2. The maximum Gasteiger partial charge on any atom is 0.245 e. The minimum Gasteiger partial charge on any atom is -0.387 e. The fourth-order valence-corrected chi connectivity index (χ4v) is 3.15. The fourth-order valence-electron chi connectivity index (χ4n) is 3.15. The van der Waals surface area contributed by atoms with Crippen LogP contribution in [0.4, 0.5) is 0 Å². The van der Waals surface area contributed by atoms with Crippen LogP contribution in [0.25, 0.3) is 0 Å². The first-order chi connectivity index (χ1) is 9.92. The number of aliphatic hydroxyl groups is 1. The molecule has 1 aliphatic rings. The molecule has 0 radical (unpaired) electrons. The Morgan fingerprint density at radius 2 is 2.19 bits per heavy atom. The summed E-state index contributed by atoms with van der Waals surface area (Å²) in [7, 11) is 0. The Bertz CT molecular complexity index is 478. The predicted octanol–water partition coefficient (Wildman–Crippen LogP) is 0.591. The van der Waals surface area contributed by atoms with Crippen LogP contribution in [0.3, 0.4) is 0 Å². The van der Waals surface area contributed by atoms with Gasteiger partial charge in [-0.2, -0.15) is 5.10 Å². The summed E-state index contributed by atoms with van der Waals surface area (Å²) in [5.41, 5.74) is 3.39. The van der Waals surface area contributed by atoms with Gasteiger partial charge in [0.1, 0.15) is 6.61 Å². The topological polar surface area (TPSA) is 81.2 Å². The van der Waals surface area contributed by atoms with E-state index in [-0.39, 0.29) is 11.9 Å². The molecule has 118 valence electrons. The molecule has 1 aliphatic heterocycles. The van der Waals surface area contributed by atoms with Gasteiger partial charge in [-0.05, 0) is 25.7 Å². The molecule has 2 atom stereocenters. The molecule has 0 bridgehead atoms. The van der Waals surface area contributed by atoms with E-state index >= 15 is 0 Å². The molecule has 3 N–H and O–H groups in total. The maximum atomic E-state index is 11.5. The number of aromatic amines is 1. The molecule has 2 heterocycles. The zero-order chi connectivity index (χ0) is 15.6. The third kappa shape index (κ3) is 3.63. The van der Waals surface area contributed by atoms with Crippen molar-refractivity contribution in [3.63, 3.8) is 0 Å². The molecule has 1 saturated heterocycles. The number of carbonyl (C=O) groups excluding carboxylic acids is 1. The lowest BCUT2D eigenvalue weighted by Crippen LogP contribution is -2.43. The van der Waals surface area contributed by atoms with Crippen molar-refractivity contribution >= 4 is 5.91 Å². The summed E-state index contributed by atoms with van der Waals surface area (Å²) < 4.78 is 0. The van der Waals surface area contributed by atoms with Crippen LogP contribution >= 0.6 is 0 Å². The lowest BCUT2D eigenvalue weighted by Gasteiger charge is -2.22. The van der Waals surface area contributed by atoms with E-state index in [0.29, 0.717) is 11.8 Å². The molecule has 0 aliphatic carbocycles. The van der Waals surface area contributed by atoms with Crippen molar-refractivity contribution in [3.8, 4) is 0 Å². The van der Waals surface area contributed by atoms with E-state index in [2.05, 4.69) is 34.3 Å². The number of amides is 1. The van der Waals surface area contributed by atoms with Crippen LogP contribution in [0.2, 0.25) is 0 Å². The number of hydrogen-bond donors (Lipinski definition) is 3. The third-order valence-electron chi connectivity index (χ3n) is 4.45. The Morgan fingerprint density at radius 3 is 2.71 bits per heavy atom. The molecule has 0 aromatic carbocycles. The molecule has 1 aromatic heterocycles. The minimum absolute atomic E-state index is 0.108. The molecule has 0 unspecified atom stereocenters. The second-order valence-electron chi connectivity index (χ2n) is 6.35. The van der Waals surface area contributed by atoms with Crippen LogP contribution < -0.4 is 5.32 Å². The van der Waals surface area contributed by atoms with E-state index in [9.17, 15) is 4.79 Å². The van der Waals surface area contributed by atoms with Gasteiger partial charge in [-0.25, -0.2) is 0 Å². The van der Waals surface area contributed by atoms with Gasteiger partial charge in [-0.3, -0.25) is 14.8 Å². The Morgan fingerprint density at radius 1 is 1.48 bits per heavy atom. The van der Waals surface area contributed by atoms with Gasteiger partial charge < -0.3 is 10.4 Å². The first kappa shape index (κ1) is 16.0. The first-order valence-electron chi connectivity index (χ1n) is 7.55. The molecule has 2 rings (SSSR count). The number of aliphatic hydroxyl groups excluding tert-OH is 1. The number of likely N-dealkylation sites (tertiary alicyclic amines) is 1. The molecular weight excluding hydrogens is 268 g/mol. The van der Waals surface area contributed by atoms with E-state index in [1.165, 1.54) is 5.56 Å².